The predicted octanol–water partition coefficient (Wildman–Crippen LogP) is -1.96. The third-order valence-electron chi connectivity index (χ3n) is 17.3. The Morgan fingerprint density at radius 1 is 0.644 bits per heavy atom. The number of guanidine groups is 1. The highest BCUT2D eigenvalue weighted by Gasteiger charge is 2.43. The van der Waals surface area contributed by atoms with E-state index in [1.165, 1.54) is 4.68 Å². The Balaban J connectivity index is 0.963. The summed E-state index contributed by atoms with van der Waals surface area (Å²) in [6.45, 7) is -0.0872. The van der Waals surface area contributed by atoms with Gasteiger partial charge in [0.15, 0.2) is 5.96 Å². The lowest BCUT2D eigenvalue weighted by atomic mass is 10.0. The van der Waals surface area contributed by atoms with Crippen LogP contribution >= 0.6 is 11.8 Å². The Bertz CT molecular complexity index is 3620. The smallest absolute Gasteiger partial charge is 0.315 e. The highest BCUT2D eigenvalue weighted by Crippen LogP contribution is 2.33. The molecule has 0 unspecified atom stereocenters. The second kappa shape index (κ2) is 39.9. The molecule has 5 aromatic rings. The number of nitrogens with one attached hydrogen (secondary N) is 10. The number of thioether (sulfide) groups is 1. The zero-order valence-corrected chi connectivity index (χ0v) is 57.4. The molecule has 17 N–H and O–H groups in total. The van der Waals surface area contributed by atoms with Gasteiger partial charge in [-0.25, -0.2) is 4.79 Å². The summed E-state index contributed by atoms with van der Waals surface area (Å²) in [7, 11) is 1.81. The van der Waals surface area contributed by atoms with E-state index in [1.54, 1.807) is 73.1 Å². The van der Waals surface area contributed by atoms with Crippen molar-refractivity contribution in [3.63, 3.8) is 0 Å². The van der Waals surface area contributed by atoms with Crippen molar-refractivity contribution in [1.29, 1.82) is 0 Å². The monoisotopic (exact) mass is 1420 g/mol. The molecule has 5 heterocycles. The zero-order valence-electron chi connectivity index (χ0n) is 56.6. The number of nitrogens with two attached hydrogens (primary N) is 3. The lowest BCUT2D eigenvalue weighted by Crippen LogP contribution is -2.61. The molecule has 3 aromatic carbocycles. The lowest BCUT2D eigenvalue weighted by Gasteiger charge is -2.28. The maximum Gasteiger partial charge on any atom is 0.315 e. The minimum Gasteiger partial charge on any atom is -0.394 e. The molecule has 3 aliphatic rings. The number of ether oxygens (including phenoxy) is 3. The molecule has 3 aliphatic heterocycles. The molecular weight excluding hydrogens is 1320 g/mol. The van der Waals surface area contributed by atoms with Crippen LogP contribution in [0, 0.1) is 0 Å². The van der Waals surface area contributed by atoms with Gasteiger partial charge in [0.25, 0.3) is 0 Å². The number of primary amides is 1. The first-order valence-corrected chi connectivity index (χ1v) is 35.1. The second-order valence-corrected chi connectivity index (χ2v) is 26.3. The van der Waals surface area contributed by atoms with Crippen LogP contribution in [-0.2, 0) is 96.6 Å². The number of nitrogens with zero attached hydrogens (tertiary/aromatic N) is 5. The minimum absolute atomic E-state index is 0.0163. The number of rotatable bonds is 29. The van der Waals surface area contributed by atoms with Crippen LogP contribution in [0.25, 0.3) is 10.9 Å². The fourth-order valence-corrected chi connectivity index (χ4v) is 13.6. The van der Waals surface area contributed by atoms with Crippen molar-refractivity contribution >= 4 is 87.8 Å². The summed E-state index contributed by atoms with van der Waals surface area (Å²) in [6.07, 6.45) is 6.35. The molecule has 11 amide bonds. The van der Waals surface area contributed by atoms with Crippen LogP contribution in [0.5, 0.6) is 0 Å². The molecule has 0 aliphatic carbocycles. The SMILES string of the molecule is Cn1cc(C[C@H]2NC(=O)[C@@H](Cc3ccccc3)NC(=O)[C@@H](CCCN=C(N)N)NC(=O)[C@@H](Cc3ccccc3)NC(=O)[C@@H](NC(=O)COCCOCCOCCNC(=O)CCCC[C@H]3SC[C@H]4NC(=O)N[C@H]43)Cc3cn(nn3)CCCC[C@@H](C(N)=O)NC(=O)[C@@H](CO)NC2=O)c2ccccc21. The van der Waals surface area contributed by atoms with Gasteiger partial charge in [-0.1, -0.05) is 90.5 Å². The van der Waals surface area contributed by atoms with E-state index in [9.17, 15) is 48.3 Å². The molecule has 2 fully saturated rings. The number of aromatic nitrogens is 4. The van der Waals surface area contributed by atoms with Gasteiger partial charge in [0.05, 0.1) is 57.4 Å². The Morgan fingerprint density at radius 2 is 1.25 bits per heavy atom. The molecule has 8 rings (SSSR count). The van der Waals surface area contributed by atoms with Crippen LogP contribution in [-0.4, -0.2) is 215 Å². The van der Waals surface area contributed by atoms with E-state index in [1.807, 2.05) is 47.6 Å². The van der Waals surface area contributed by atoms with Gasteiger partial charge in [0.1, 0.15) is 48.9 Å². The van der Waals surface area contributed by atoms with Crippen molar-refractivity contribution in [3.05, 3.63) is 120 Å². The van der Waals surface area contributed by atoms with Crippen LogP contribution in [0.15, 0.2) is 102 Å². The van der Waals surface area contributed by atoms with E-state index in [4.69, 9.17) is 31.4 Å². The maximum absolute atomic E-state index is 15.0. The van der Waals surface area contributed by atoms with Gasteiger partial charge in [-0.05, 0) is 67.7 Å². The van der Waals surface area contributed by atoms with Crippen molar-refractivity contribution in [2.24, 2.45) is 29.2 Å². The molecule has 101 heavy (non-hydrogen) atoms. The van der Waals surface area contributed by atoms with Crippen molar-refractivity contribution in [2.75, 3.05) is 65.1 Å². The number of aliphatic hydroxyl groups excluding tert-OH is 1. The van der Waals surface area contributed by atoms with Crippen LogP contribution in [0.2, 0.25) is 0 Å². The Kier molecular flexibility index (Phi) is 30.5. The van der Waals surface area contributed by atoms with Gasteiger partial charge in [-0.3, -0.25) is 52.8 Å². The highest BCUT2D eigenvalue weighted by atomic mass is 32.2. The number of unbranched alkanes of at least 4 members (excludes halogenated alkanes) is 1. The Morgan fingerprint density at radius 3 is 1.92 bits per heavy atom. The molecule has 0 saturated carbocycles. The first-order valence-electron chi connectivity index (χ1n) is 34.1. The molecule has 32 nitrogen and oxygen atoms in total. The van der Waals surface area contributed by atoms with Gasteiger partial charge in [0, 0.05) is 93.1 Å². The van der Waals surface area contributed by atoms with Gasteiger partial charge >= 0.3 is 6.03 Å². The largest absolute Gasteiger partial charge is 0.394 e. The van der Waals surface area contributed by atoms with E-state index in [-0.39, 0.29) is 127 Å². The van der Waals surface area contributed by atoms with Gasteiger partial charge in [-0.15, -0.1) is 5.10 Å². The molecule has 2 bridgehead atoms. The number of aliphatic imine (C=N–C) groups is 1. The first kappa shape index (κ1) is 77.0. The average Bonchev–Trinajstić information content (AvgIpc) is 1.70. The molecule has 0 radical (unpaired) electrons. The van der Waals surface area contributed by atoms with Crippen molar-refractivity contribution in [2.45, 2.75) is 150 Å². The highest BCUT2D eigenvalue weighted by molar-refractivity contribution is 8.00. The van der Waals surface area contributed by atoms with E-state index < -0.39 is 103 Å². The number of carbonyl (C=O) groups excluding carboxylic acids is 10. The van der Waals surface area contributed by atoms with Crippen molar-refractivity contribution < 1.29 is 67.3 Å². The summed E-state index contributed by atoms with van der Waals surface area (Å²) < 4.78 is 20.2. The van der Waals surface area contributed by atoms with Crippen LogP contribution in [0.3, 0.4) is 0 Å². The quantitative estimate of drug-likeness (QED) is 0.0107. The second-order valence-electron chi connectivity index (χ2n) is 25.1. The van der Waals surface area contributed by atoms with E-state index in [0.717, 1.165) is 35.9 Å². The molecule has 2 aromatic heterocycles. The number of hydrogen-bond acceptors (Lipinski definition) is 18. The Labute approximate surface area is 589 Å². The minimum atomic E-state index is -1.64. The number of carbonyl (C=O) groups is 10. The summed E-state index contributed by atoms with van der Waals surface area (Å²) in [5, 5.41) is 48.0. The number of hydrogen-bond donors (Lipinski definition) is 14. The third kappa shape index (κ3) is 24.9. The average molecular weight is 1420 g/mol. The standard InChI is InChI=1S/C68H94N18O14S/c1-85-37-44(46-19-8-9-22-55(46)85)35-51-64(94)80-53(39-87)66(96)75-47(60(69)90)20-12-13-27-86-38-45(83-84-86)36-52(74-58(89)40-100-32-31-99-30-29-98-28-26-72-57(88)24-11-10-23-56-59-54(41-101-56)81-68(97)82-59)65(95)78-49(33-42-15-4-2-5-16-42)62(92)76-48(21-14-25-73-67(70)71)61(91)77-50(63(93)79-51)34-43-17-6-3-7-18-43/h2-9,15-19,22,37-38,47-54,56,59,87H,10-14,20-21,23-36,39-41H2,1H3,(H2,69,90)(H,72,88)(H,74,89)(H,75,96)(H,76,92)(H,77,91)(H,78,95)(H,79,93)(H,80,94)(H4,70,71,73)(H2,81,82,97)/t47-,48+,49+,50+,51+,52-,53+,54+,56+,59+/m0/s1. The normalized spacial score (nSPS) is 22.7. The van der Waals surface area contributed by atoms with Gasteiger partial charge < -0.3 is 94.3 Å². The lowest BCUT2D eigenvalue weighted by molar-refractivity contribution is -0.136. The molecule has 10 atom stereocenters. The number of fused-ring (bicyclic) bond motifs is 4. The van der Waals surface area contributed by atoms with Crippen molar-refractivity contribution in [1.82, 2.24) is 72.7 Å². The fourth-order valence-electron chi connectivity index (χ4n) is 12.1. The zero-order chi connectivity index (χ0) is 72.0. The number of aliphatic hydroxyl groups is 1. The fraction of sp³-hybridized carbons (Fsp3) is 0.515. The molecule has 546 valence electrons. The van der Waals surface area contributed by atoms with E-state index in [2.05, 4.69) is 68.5 Å². The summed E-state index contributed by atoms with van der Waals surface area (Å²) in [5.74, 6) is -6.19. The first-order chi connectivity index (χ1) is 48.8. The molecular formula is C68H94N18O14S. The third-order valence-corrected chi connectivity index (χ3v) is 18.8. The number of para-hydroxylation sites is 1. The van der Waals surface area contributed by atoms with Crippen LogP contribution < -0.4 is 70.4 Å². The topological polar surface area (TPSA) is 465 Å². The van der Waals surface area contributed by atoms with Gasteiger partial charge in [-0.2, -0.15) is 11.8 Å². The maximum atomic E-state index is 15.0. The number of amides is 11. The van der Waals surface area contributed by atoms with Crippen LogP contribution in [0.4, 0.5) is 4.79 Å². The van der Waals surface area contributed by atoms with E-state index in [0.29, 0.717) is 47.7 Å². The summed E-state index contributed by atoms with van der Waals surface area (Å²) in [6, 6.07) is 14.9. The molecule has 0 spiro atoms. The summed E-state index contributed by atoms with van der Waals surface area (Å²) in [5.41, 5.74) is 20.0. The predicted molar refractivity (Wildman–Crippen MR) is 374 cm³/mol. The molecule has 33 heteroatoms. The number of aryl methyl sites for hydroxylation is 2. The Hall–Kier alpha value is -9.70. The van der Waals surface area contributed by atoms with Crippen molar-refractivity contribution in [3.8, 4) is 0 Å². The molecule has 2 saturated heterocycles. The van der Waals surface area contributed by atoms with Gasteiger partial charge in [0.2, 0.25) is 53.2 Å². The summed E-state index contributed by atoms with van der Waals surface area (Å²) >= 11 is 1.85. The van der Waals surface area contributed by atoms with E-state index >= 15 is 4.79 Å². The van der Waals surface area contributed by atoms with Crippen LogP contribution in [0.1, 0.15) is 80.2 Å². The number of benzene rings is 3. The number of urea groups is 1. The summed E-state index contributed by atoms with van der Waals surface area (Å²) in [4.78, 5) is 143.